The van der Waals surface area contributed by atoms with E-state index in [2.05, 4.69) is 5.43 Å². The topological polar surface area (TPSA) is 64.4 Å². The molecule has 0 saturated carbocycles. The lowest BCUT2D eigenvalue weighted by molar-refractivity contribution is -0.125. The van der Waals surface area contributed by atoms with Crippen molar-refractivity contribution in [2.75, 3.05) is 6.61 Å². The van der Waals surface area contributed by atoms with E-state index in [1.54, 1.807) is 0 Å². The summed E-state index contributed by atoms with van der Waals surface area (Å²) in [4.78, 5) is 11.0. The molecule has 1 amide bonds. The molecule has 0 aromatic heterocycles. The Labute approximate surface area is 78.2 Å². The summed E-state index contributed by atoms with van der Waals surface area (Å²) < 4.78 is 5.36. The summed E-state index contributed by atoms with van der Waals surface area (Å²) in [7, 11) is 0. The number of ether oxygens (including phenoxy) is 1. The van der Waals surface area contributed by atoms with Gasteiger partial charge in [0.15, 0.2) is 0 Å². The van der Waals surface area contributed by atoms with Gasteiger partial charge in [0.05, 0.1) is 18.1 Å². The molecule has 0 aromatic carbocycles. The second kappa shape index (κ2) is 4.07. The molecular weight excluding hydrogens is 180 g/mol. The third-order valence-electron chi connectivity index (χ3n) is 1.93. The fraction of sp³-hybridized carbons (Fsp3) is 0.857. The van der Waals surface area contributed by atoms with Crippen LogP contribution in [0.5, 0.6) is 0 Å². The second-order valence-electron chi connectivity index (χ2n) is 3.48. The van der Waals surface area contributed by atoms with Gasteiger partial charge < -0.3 is 4.74 Å². The summed E-state index contributed by atoms with van der Waals surface area (Å²) in [5.74, 6) is 4.78. The molecule has 0 bridgehead atoms. The monoisotopic (exact) mass is 194 g/mol. The van der Waals surface area contributed by atoms with Crippen molar-refractivity contribution >= 4 is 18.3 Å². The molecule has 12 heavy (non-hydrogen) atoms. The highest BCUT2D eigenvalue weighted by Gasteiger charge is 2.35. The van der Waals surface area contributed by atoms with Crippen LogP contribution < -0.4 is 11.3 Å². The Kier molecular flexibility index (Phi) is 3.96. The van der Waals surface area contributed by atoms with E-state index in [1.807, 2.05) is 13.8 Å². The van der Waals surface area contributed by atoms with Crippen LogP contribution in [0, 0.1) is 5.92 Å². The number of nitrogens with two attached hydrogens (primary N) is 1. The van der Waals surface area contributed by atoms with Gasteiger partial charge in [0, 0.05) is 0 Å². The van der Waals surface area contributed by atoms with Gasteiger partial charge in [-0.1, -0.05) is 0 Å². The highest BCUT2D eigenvalue weighted by Crippen LogP contribution is 2.28. The average Bonchev–Trinajstić information content (AvgIpc) is 2.29. The van der Waals surface area contributed by atoms with Crippen molar-refractivity contribution in [3.05, 3.63) is 0 Å². The molecule has 1 fully saturated rings. The van der Waals surface area contributed by atoms with Gasteiger partial charge in [0.25, 0.3) is 0 Å². The molecule has 5 heteroatoms. The lowest BCUT2D eigenvalue weighted by atomic mass is 9.97. The quantitative estimate of drug-likeness (QED) is 0.357. The van der Waals surface area contributed by atoms with E-state index in [0.29, 0.717) is 6.61 Å². The standard InChI is InChI=1S/C7H14N2O2.ClH/c1-7(2)3-5(4-11-7)6(10)9-8;/h5H,3-4,8H2,1-2H3,(H,9,10);1H. The molecule has 1 aliphatic rings. The first kappa shape index (κ1) is 11.7. The van der Waals surface area contributed by atoms with Gasteiger partial charge in [-0.15, -0.1) is 12.4 Å². The third kappa shape index (κ3) is 2.62. The van der Waals surface area contributed by atoms with Gasteiger partial charge in [-0.25, -0.2) is 5.84 Å². The number of carbonyl (C=O) groups excluding carboxylic acids is 1. The molecule has 72 valence electrons. The van der Waals surface area contributed by atoms with E-state index in [0.717, 1.165) is 6.42 Å². The number of hydrazine groups is 1. The Morgan fingerprint density at radius 2 is 2.25 bits per heavy atom. The van der Waals surface area contributed by atoms with Gasteiger partial charge in [0.2, 0.25) is 5.91 Å². The first-order valence-electron chi connectivity index (χ1n) is 3.69. The molecule has 1 aliphatic heterocycles. The van der Waals surface area contributed by atoms with Gasteiger partial charge in [0.1, 0.15) is 0 Å². The van der Waals surface area contributed by atoms with Crippen molar-refractivity contribution in [3.63, 3.8) is 0 Å². The number of hydrogen-bond donors (Lipinski definition) is 2. The van der Waals surface area contributed by atoms with Crippen molar-refractivity contribution in [2.45, 2.75) is 25.9 Å². The van der Waals surface area contributed by atoms with E-state index in [-0.39, 0.29) is 29.8 Å². The van der Waals surface area contributed by atoms with Gasteiger partial charge >= 0.3 is 0 Å². The summed E-state index contributed by atoms with van der Waals surface area (Å²) in [6.45, 7) is 4.42. The third-order valence-corrected chi connectivity index (χ3v) is 1.93. The molecule has 4 nitrogen and oxygen atoms in total. The number of rotatable bonds is 1. The summed E-state index contributed by atoms with van der Waals surface area (Å²) >= 11 is 0. The molecule has 0 radical (unpaired) electrons. The Morgan fingerprint density at radius 3 is 2.58 bits per heavy atom. The Morgan fingerprint density at radius 1 is 1.67 bits per heavy atom. The normalized spacial score (nSPS) is 26.1. The van der Waals surface area contributed by atoms with Crippen LogP contribution in [0.4, 0.5) is 0 Å². The SMILES string of the molecule is CC1(C)CC(C(=O)NN)CO1.Cl. The average molecular weight is 195 g/mol. The largest absolute Gasteiger partial charge is 0.375 e. The summed E-state index contributed by atoms with van der Waals surface area (Å²) in [6, 6.07) is 0. The zero-order valence-corrected chi connectivity index (χ0v) is 8.11. The molecule has 1 saturated heterocycles. The Bertz CT molecular complexity index is 173. The minimum absolute atomic E-state index is 0. The van der Waals surface area contributed by atoms with Crippen LogP contribution >= 0.6 is 12.4 Å². The number of amides is 1. The molecule has 1 heterocycles. The Balaban J connectivity index is 0.00000121. The van der Waals surface area contributed by atoms with Gasteiger partial charge in [-0.3, -0.25) is 10.2 Å². The van der Waals surface area contributed by atoms with Crippen molar-refractivity contribution in [1.82, 2.24) is 5.43 Å². The zero-order chi connectivity index (χ0) is 8.48. The maximum absolute atomic E-state index is 11.0. The molecule has 1 atom stereocenters. The van der Waals surface area contributed by atoms with Crippen LogP contribution in [-0.2, 0) is 9.53 Å². The minimum Gasteiger partial charge on any atom is -0.375 e. The summed E-state index contributed by atoms with van der Waals surface area (Å²) in [5, 5.41) is 0. The predicted octanol–water partition coefficient (Wildman–Crippen LogP) is 0.213. The van der Waals surface area contributed by atoms with Crippen molar-refractivity contribution in [2.24, 2.45) is 11.8 Å². The Hall–Kier alpha value is -0.320. The van der Waals surface area contributed by atoms with E-state index in [1.165, 1.54) is 0 Å². The molecule has 3 N–H and O–H groups in total. The fourth-order valence-corrected chi connectivity index (χ4v) is 1.32. The number of halogens is 1. The van der Waals surface area contributed by atoms with Gasteiger partial charge in [-0.2, -0.15) is 0 Å². The predicted molar refractivity (Wildman–Crippen MR) is 47.7 cm³/mol. The lowest BCUT2D eigenvalue weighted by Crippen LogP contribution is -2.36. The second-order valence-corrected chi connectivity index (χ2v) is 3.48. The summed E-state index contributed by atoms with van der Waals surface area (Å²) in [5.41, 5.74) is 1.96. The molecular formula is C7H15ClN2O2. The van der Waals surface area contributed by atoms with E-state index in [9.17, 15) is 4.79 Å². The van der Waals surface area contributed by atoms with E-state index < -0.39 is 0 Å². The van der Waals surface area contributed by atoms with Crippen LogP contribution in [0.1, 0.15) is 20.3 Å². The highest BCUT2D eigenvalue weighted by atomic mass is 35.5. The molecule has 1 rings (SSSR count). The van der Waals surface area contributed by atoms with Crippen LogP contribution in [-0.4, -0.2) is 18.1 Å². The number of hydrogen-bond acceptors (Lipinski definition) is 3. The molecule has 1 unspecified atom stereocenters. The summed E-state index contributed by atoms with van der Waals surface area (Å²) in [6.07, 6.45) is 0.746. The first-order valence-corrected chi connectivity index (χ1v) is 3.69. The maximum Gasteiger partial charge on any atom is 0.239 e. The highest BCUT2D eigenvalue weighted by molar-refractivity contribution is 5.85. The number of carbonyl (C=O) groups is 1. The molecule has 0 aromatic rings. The van der Waals surface area contributed by atoms with Crippen LogP contribution in [0.15, 0.2) is 0 Å². The fourth-order valence-electron chi connectivity index (χ4n) is 1.32. The van der Waals surface area contributed by atoms with Crippen molar-refractivity contribution < 1.29 is 9.53 Å². The lowest BCUT2D eigenvalue weighted by Gasteiger charge is -2.15. The molecule has 0 aliphatic carbocycles. The smallest absolute Gasteiger partial charge is 0.239 e. The number of nitrogens with one attached hydrogen (secondary N) is 1. The van der Waals surface area contributed by atoms with Crippen LogP contribution in [0.25, 0.3) is 0 Å². The van der Waals surface area contributed by atoms with Crippen LogP contribution in [0.2, 0.25) is 0 Å². The zero-order valence-electron chi connectivity index (χ0n) is 7.29. The molecule has 0 spiro atoms. The van der Waals surface area contributed by atoms with E-state index in [4.69, 9.17) is 10.6 Å². The van der Waals surface area contributed by atoms with Crippen LogP contribution in [0.3, 0.4) is 0 Å². The van der Waals surface area contributed by atoms with Crippen molar-refractivity contribution in [1.29, 1.82) is 0 Å². The van der Waals surface area contributed by atoms with Gasteiger partial charge in [-0.05, 0) is 20.3 Å². The van der Waals surface area contributed by atoms with E-state index >= 15 is 0 Å². The van der Waals surface area contributed by atoms with Crippen molar-refractivity contribution in [3.8, 4) is 0 Å². The minimum atomic E-state index is -0.169. The first-order chi connectivity index (χ1) is 5.05. The maximum atomic E-state index is 11.0.